The van der Waals surface area contributed by atoms with Crippen molar-refractivity contribution in [2.24, 2.45) is 5.16 Å². The van der Waals surface area contributed by atoms with E-state index in [1.165, 1.54) is 28.1 Å². The molecule has 1 aliphatic carbocycles. The first-order valence-corrected chi connectivity index (χ1v) is 11.4. The zero-order valence-corrected chi connectivity index (χ0v) is 19.1. The molecule has 0 saturated carbocycles. The number of aromatic nitrogens is 1. The van der Waals surface area contributed by atoms with Crippen LogP contribution in [0.3, 0.4) is 0 Å². The maximum Gasteiger partial charge on any atom is 0.142 e. The summed E-state index contributed by atoms with van der Waals surface area (Å²) in [6.07, 6.45) is 2.97. The summed E-state index contributed by atoms with van der Waals surface area (Å²) < 4.78 is 7.73. The molecule has 1 aliphatic rings. The fraction of sp³-hybridized carbons (Fsp3) is 0.207. The number of hydrogen-bond acceptors (Lipinski definition) is 3. The molecule has 0 fully saturated rings. The lowest BCUT2D eigenvalue weighted by molar-refractivity contribution is 0.130. The van der Waals surface area contributed by atoms with E-state index in [0.29, 0.717) is 6.61 Å². The van der Waals surface area contributed by atoms with Crippen molar-refractivity contribution in [3.05, 3.63) is 107 Å². The van der Waals surface area contributed by atoms with Crippen molar-refractivity contribution < 1.29 is 9.57 Å². The number of benzene rings is 3. The standard InChI is InChI=1S/C29H28N2O2/c1-21-11-13-22(14-12-21)20-33-30-27-9-6-10-28-26(27)19-29(23-7-4-3-5-8-23)31(28)24-15-17-25(32-2)18-16-24/h3-5,7-8,11-19H,6,9-10,20H2,1-2H3/b30-27+. The van der Waals surface area contributed by atoms with E-state index in [0.717, 1.165) is 42.0 Å². The van der Waals surface area contributed by atoms with Gasteiger partial charge in [-0.3, -0.25) is 0 Å². The fourth-order valence-corrected chi connectivity index (χ4v) is 4.42. The summed E-state index contributed by atoms with van der Waals surface area (Å²) in [5.74, 6) is 0.854. The first-order valence-electron chi connectivity index (χ1n) is 11.4. The second kappa shape index (κ2) is 9.37. The van der Waals surface area contributed by atoms with Crippen LogP contribution >= 0.6 is 0 Å². The van der Waals surface area contributed by atoms with Gasteiger partial charge in [0.2, 0.25) is 0 Å². The molecule has 4 heteroatoms. The second-order valence-corrected chi connectivity index (χ2v) is 8.44. The van der Waals surface area contributed by atoms with Crippen molar-refractivity contribution in [1.29, 1.82) is 0 Å². The maximum absolute atomic E-state index is 5.81. The Morgan fingerprint density at radius 2 is 1.64 bits per heavy atom. The molecule has 166 valence electrons. The normalized spacial score (nSPS) is 14.2. The van der Waals surface area contributed by atoms with Gasteiger partial charge in [0.15, 0.2) is 0 Å². The molecule has 4 aromatic rings. The topological polar surface area (TPSA) is 35.8 Å². The third-order valence-electron chi connectivity index (χ3n) is 6.17. The quantitative estimate of drug-likeness (QED) is 0.315. The van der Waals surface area contributed by atoms with Crippen LogP contribution in [0.15, 0.2) is 90.1 Å². The lowest BCUT2D eigenvalue weighted by Gasteiger charge is -2.19. The Kier molecular flexibility index (Phi) is 5.99. The molecule has 5 rings (SSSR count). The SMILES string of the molecule is COc1ccc(-n2c(-c3ccccc3)cc3c2CCC/C3=N\OCc2ccc(C)cc2)cc1. The minimum Gasteiger partial charge on any atom is -0.497 e. The summed E-state index contributed by atoms with van der Waals surface area (Å²) in [6, 6.07) is 29.4. The number of ether oxygens (including phenoxy) is 1. The summed E-state index contributed by atoms with van der Waals surface area (Å²) in [5.41, 5.74) is 9.33. The van der Waals surface area contributed by atoms with Crippen molar-refractivity contribution in [2.45, 2.75) is 32.8 Å². The largest absolute Gasteiger partial charge is 0.497 e. The van der Waals surface area contributed by atoms with Gasteiger partial charge in [-0.2, -0.15) is 0 Å². The first-order chi connectivity index (χ1) is 16.2. The van der Waals surface area contributed by atoms with Gasteiger partial charge in [0.25, 0.3) is 0 Å². The average Bonchev–Trinajstić information content (AvgIpc) is 3.26. The van der Waals surface area contributed by atoms with Crippen LogP contribution in [0.25, 0.3) is 16.9 Å². The predicted molar refractivity (Wildman–Crippen MR) is 133 cm³/mol. The highest BCUT2D eigenvalue weighted by atomic mass is 16.6. The van der Waals surface area contributed by atoms with Crippen molar-refractivity contribution in [2.75, 3.05) is 7.11 Å². The number of fused-ring (bicyclic) bond motifs is 1. The molecule has 33 heavy (non-hydrogen) atoms. The highest BCUT2D eigenvalue weighted by Gasteiger charge is 2.24. The summed E-state index contributed by atoms with van der Waals surface area (Å²) in [6.45, 7) is 2.57. The molecule has 0 saturated heterocycles. The Hall–Kier alpha value is -3.79. The molecule has 0 radical (unpaired) electrons. The van der Waals surface area contributed by atoms with Crippen LogP contribution in [0, 0.1) is 6.92 Å². The lowest BCUT2D eigenvalue weighted by atomic mass is 9.95. The second-order valence-electron chi connectivity index (χ2n) is 8.44. The van der Waals surface area contributed by atoms with Crippen LogP contribution in [0.5, 0.6) is 5.75 Å². The zero-order valence-electron chi connectivity index (χ0n) is 19.1. The van der Waals surface area contributed by atoms with Crippen LogP contribution in [-0.2, 0) is 17.9 Å². The van der Waals surface area contributed by atoms with Crippen LogP contribution in [0.1, 0.15) is 35.2 Å². The van der Waals surface area contributed by atoms with Gasteiger partial charge in [-0.05, 0) is 67.6 Å². The molecule has 3 aromatic carbocycles. The Morgan fingerprint density at radius 1 is 0.879 bits per heavy atom. The van der Waals surface area contributed by atoms with E-state index in [1.807, 2.05) is 12.1 Å². The van der Waals surface area contributed by atoms with Crippen LogP contribution in [0.4, 0.5) is 0 Å². The zero-order chi connectivity index (χ0) is 22.6. The Balaban J connectivity index is 1.53. The van der Waals surface area contributed by atoms with Gasteiger partial charge < -0.3 is 14.1 Å². The third-order valence-corrected chi connectivity index (χ3v) is 6.17. The molecule has 0 spiro atoms. The van der Waals surface area contributed by atoms with E-state index in [1.54, 1.807) is 7.11 Å². The maximum atomic E-state index is 5.81. The molecule has 1 aromatic heterocycles. The summed E-state index contributed by atoms with van der Waals surface area (Å²) >= 11 is 0. The first kappa shape index (κ1) is 21.1. The molecule has 0 bridgehead atoms. The molecule has 1 heterocycles. The van der Waals surface area contributed by atoms with Crippen molar-refractivity contribution >= 4 is 5.71 Å². The van der Waals surface area contributed by atoms with Crippen molar-refractivity contribution in [3.8, 4) is 22.7 Å². The van der Waals surface area contributed by atoms with Crippen LogP contribution in [-0.4, -0.2) is 17.4 Å². The average molecular weight is 437 g/mol. The summed E-state index contributed by atoms with van der Waals surface area (Å²) in [4.78, 5) is 5.81. The van der Waals surface area contributed by atoms with E-state index >= 15 is 0 Å². The van der Waals surface area contributed by atoms with Gasteiger partial charge in [0.1, 0.15) is 12.4 Å². The molecule has 0 atom stereocenters. The Bertz CT molecular complexity index is 1250. The number of rotatable bonds is 6. The van der Waals surface area contributed by atoms with Gasteiger partial charge >= 0.3 is 0 Å². The molecule has 0 N–H and O–H groups in total. The predicted octanol–water partition coefficient (Wildman–Crippen LogP) is 6.72. The minimum atomic E-state index is 0.476. The molecular formula is C29H28N2O2. The molecule has 4 nitrogen and oxygen atoms in total. The lowest BCUT2D eigenvalue weighted by Crippen LogP contribution is -2.14. The summed E-state index contributed by atoms with van der Waals surface area (Å²) in [7, 11) is 1.70. The fourth-order valence-electron chi connectivity index (χ4n) is 4.42. The molecular weight excluding hydrogens is 408 g/mol. The monoisotopic (exact) mass is 436 g/mol. The van der Waals surface area contributed by atoms with Gasteiger partial charge in [-0.1, -0.05) is 65.3 Å². The van der Waals surface area contributed by atoms with Crippen LogP contribution < -0.4 is 4.74 Å². The van der Waals surface area contributed by atoms with Crippen molar-refractivity contribution in [1.82, 2.24) is 4.57 Å². The number of methoxy groups -OCH3 is 1. The van der Waals surface area contributed by atoms with Crippen molar-refractivity contribution in [3.63, 3.8) is 0 Å². The molecule has 0 aliphatic heterocycles. The molecule has 0 amide bonds. The number of hydrogen-bond donors (Lipinski definition) is 0. The minimum absolute atomic E-state index is 0.476. The Morgan fingerprint density at radius 3 is 2.36 bits per heavy atom. The number of oxime groups is 1. The van der Waals surface area contributed by atoms with Gasteiger partial charge in [0.05, 0.1) is 18.5 Å². The number of nitrogens with zero attached hydrogens (tertiary/aromatic N) is 2. The van der Waals surface area contributed by atoms with E-state index in [4.69, 9.17) is 9.57 Å². The molecule has 0 unspecified atom stereocenters. The third kappa shape index (κ3) is 4.42. The van der Waals surface area contributed by atoms with Gasteiger partial charge in [0, 0.05) is 16.9 Å². The highest BCUT2D eigenvalue weighted by Crippen LogP contribution is 2.34. The van der Waals surface area contributed by atoms with Gasteiger partial charge in [-0.15, -0.1) is 0 Å². The smallest absolute Gasteiger partial charge is 0.142 e. The van der Waals surface area contributed by atoms with Gasteiger partial charge in [-0.25, -0.2) is 0 Å². The van der Waals surface area contributed by atoms with Crippen LogP contribution in [0.2, 0.25) is 0 Å². The summed E-state index contributed by atoms with van der Waals surface area (Å²) in [5, 5.41) is 4.59. The van der Waals surface area contributed by atoms with E-state index < -0.39 is 0 Å². The van der Waals surface area contributed by atoms with E-state index in [-0.39, 0.29) is 0 Å². The highest BCUT2D eigenvalue weighted by molar-refractivity contribution is 6.03. The number of aryl methyl sites for hydroxylation is 1. The Labute approximate surface area is 195 Å². The van der Waals surface area contributed by atoms with E-state index in [2.05, 4.69) is 89.4 Å². The van der Waals surface area contributed by atoms with E-state index in [9.17, 15) is 0 Å².